The number of carboxylic acids is 1. The first kappa shape index (κ1) is 20.7. The van der Waals surface area contributed by atoms with Crippen molar-refractivity contribution in [1.29, 1.82) is 0 Å². The number of carbonyl (C=O) groups excluding carboxylic acids is 1. The summed E-state index contributed by atoms with van der Waals surface area (Å²) in [6.45, 7) is 0. The fourth-order valence-electron chi connectivity index (χ4n) is 4.11. The molecule has 0 radical (unpaired) electrons. The highest BCUT2D eigenvalue weighted by molar-refractivity contribution is 8.00. The Labute approximate surface area is 185 Å². The number of rotatable bonds is 6. The van der Waals surface area contributed by atoms with Gasteiger partial charge in [-0.15, -0.1) is 11.8 Å². The average molecular weight is 437 g/mol. The van der Waals surface area contributed by atoms with Crippen LogP contribution < -0.4 is 0 Å². The zero-order chi connectivity index (χ0) is 21.1. The normalized spacial score (nSPS) is 20.8. The number of thioether (sulfide) groups is 1. The van der Waals surface area contributed by atoms with Crippen LogP contribution in [-0.2, 0) is 4.79 Å². The number of halogens is 1. The van der Waals surface area contributed by atoms with Crippen LogP contribution in [0.1, 0.15) is 29.6 Å². The molecule has 3 aromatic rings. The number of ketones is 1. The predicted octanol–water partition coefficient (Wildman–Crippen LogP) is 6.61. The van der Waals surface area contributed by atoms with Gasteiger partial charge in [0.05, 0.1) is 0 Å². The van der Waals surface area contributed by atoms with Gasteiger partial charge in [0.15, 0.2) is 5.78 Å². The van der Waals surface area contributed by atoms with Crippen LogP contribution >= 0.6 is 23.4 Å². The van der Waals surface area contributed by atoms with E-state index < -0.39 is 11.4 Å². The van der Waals surface area contributed by atoms with E-state index in [1.54, 1.807) is 12.1 Å². The molecule has 1 saturated carbocycles. The molecule has 1 aliphatic rings. The molecular formula is C25H21ClO3S. The van der Waals surface area contributed by atoms with Crippen molar-refractivity contribution in [1.82, 2.24) is 0 Å². The first-order chi connectivity index (χ1) is 14.5. The molecule has 0 amide bonds. The lowest BCUT2D eigenvalue weighted by atomic mass is 9.78. The molecule has 1 N–H and O–H groups in total. The second-order valence-corrected chi connectivity index (χ2v) is 9.21. The third-order valence-corrected chi connectivity index (χ3v) is 7.44. The molecule has 0 aromatic heterocycles. The molecule has 0 heterocycles. The summed E-state index contributed by atoms with van der Waals surface area (Å²) in [7, 11) is 0. The average Bonchev–Trinajstić information content (AvgIpc) is 3.19. The number of carboxylic acid groups (broad SMARTS) is 1. The van der Waals surface area contributed by atoms with Crippen LogP contribution in [0.2, 0.25) is 5.02 Å². The molecule has 5 heteroatoms. The third-order valence-electron chi connectivity index (χ3n) is 5.72. The first-order valence-electron chi connectivity index (χ1n) is 9.86. The van der Waals surface area contributed by atoms with Gasteiger partial charge in [-0.25, -0.2) is 0 Å². The Hall–Kier alpha value is -2.56. The minimum absolute atomic E-state index is 0.291. The molecule has 4 rings (SSSR count). The maximum Gasteiger partial charge on any atom is 0.318 e. The van der Waals surface area contributed by atoms with Gasteiger partial charge in [-0.2, -0.15) is 0 Å². The quantitative estimate of drug-likeness (QED) is 0.349. The van der Waals surface area contributed by atoms with Gasteiger partial charge in [0, 0.05) is 20.7 Å². The van der Waals surface area contributed by atoms with Crippen LogP contribution in [0.25, 0.3) is 11.1 Å². The van der Waals surface area contributed by atoms with E-state index in [9.17, 15) is 14.7 Å². The minimum atomic E-state index is -1.40. The molecule has 0 aliphatic heterocycles. The molecule has 3 aromatic carbocycles. The van der Waals surface area contributed by atoms with Crippen LogP contribution in [0.5, 0.6) is 0 Å². The number of hydrogen-bond acceptors (Lipinski definition) is 3. The molecule has 0 bridgehead atoms. The van der Waals surface area contributed by atoms with Crippen LogP contribution in [0.3, 0.4) is 0 Å². The van der Waals surface area contributed by atoms with Gasteiger partial charge >= 0.3 is 5.97 Å². The smallest absolute Gasteiger partial charge is 0.318 e. The van der Waals surface area contributed by atoms with E-state index in [4.69, 9.17) is 11.6 Å². The molecule has 3 nitrogen and oxygen atoms in total. The van der Waals surface area contributed by atoms with E-state index in [1.807, 2.05) is 66.7 Å². The van der Waals surface area contributed by atoms with Gasteiger partial charge in [-0.05, 0) is 48.2 Å². The fourth-order valence-corrected chi connectivity index (χ4v) is 5.69. The third kappa shape index (κ3) is 3.90. The summed E-state index contributed by atoms with van der Waals surface area (Å²) < 4.78 is 0. The largest absolute Gasteiger partial charge is 0.480 e. The summed E-state index contributed by atoms with van der Waals surface area (Å²) >= 11 is 7.45. The molecule has 152 valence electrons. The lowest BCUT2D eigenvalue weighted by Gasteiger charge is -2.29. The van der Waals surface area contributed by atoms with Crippen LogP contribution in [-0.4, -0.2) is 22.1 Å². The Balaban J connectivity index is 1.63. The van der Waals surface area contributed by atoms with Crippen LogP contribution in [0.4, 0.5) is 0 Å². The van der Waals surface area contributed by atoms with Gasteiger partial charge in [-0.3, -0.25) is 9.59 Å². The molecule has 30 heavy (non-hydrogen) atoms. The second-order valence-electron chi connectivity index (χ2n) is 7.50. The SMILES string of the molecule is O=C(O)C1(C(=O)c2ccc(-c3ccc(Cl)cc3)cc2)CCCC1Sc1ccccc1. The van der Waals surface area contributed by atoms with Gasteiger partial charge in [0.25, 0.3) is 0 Å². The minimum Gasteiger partial charge on any atom is -0.480 e. The highest BCUT2D eigenvalue weighted by Crippen LogP contribution is 2.49. The van der Waals surface area contributed by atoms with Crippen molar-refractivity contribution in [2.75, 3.05) is 0 Å². The highest BCUT2D eigenvalue weighted by Gasteiger charge is 2.55. The summed E-state index contributed by atoms with van der Waals surface area (Å²) in [4.78, 5) is 26.9. The standard InChI is InChI=1S/C25H21ClO3S/c26-20-14-12-18(13-15-20)17-8-10-19(11-9-17)23(27)25(24(28)29)16-4-7-22(25)30-21-5-2-1-3-6-21/h1-3,5-6,8-15,22H,4,7,16H2,(H,28,29). The zero-order valence-corrected chi connectivity index (χ0v) is 17.8. The Morgan fingerprint density at radius 1 is 0.900 bits per heavy atom. The summed E-state index contributed by atoms with van der Waals surface area (Å²) in [5.74, 6) is -1.33. The van der Waals surface area contributed by atoms with Gasteiger partial charge in [0.1, 0.15) is 5.41 Å². The molecule has 2 atom stereocenters. The number of Topliss-reactive ketones (excluding diaryl/α,β-unsaturated/α-hetero) is 1. The van der Waals surface area contributed by atoms with Crippen molar-refractivity contribution in [3.05, 3.63) is 89.4 Å². The Kier molecular flexibility index (Phi) is 5.98. The van der Waals surface area contributed by atoms with Crippen molar-refractivity contribution in [3.63, 3.8) is 0 Å². The zero-order valence-electron chi connectivity index (χ0n) is 16.3. The Morgan fingerprint density at radius 2 is 1.50 bits per heavy atom. The van der Waals surface area contributed by atoms with Crippen molar-refractivity contribution in [2.24, 2.45) is 5.41 Å². The van der Waals surface area contributed by atoms with Crippen molar-refractivity contribution in [3.8, 4) is 11.1 Å². The molecule has 0 spiro atoms. The highest BCUT2D eigenvalue weighted by atomic mass is 35.5. The summed E-state index contributed by atoms with van der Waals surface area (Å²) in [6.07, 6.45) is 1.80. The van der Waals surface area contributed by atoms with E-state index in [1.165, 1.54) is 11.8 Å². The molecule has 1 aliphatic carbocycles. The number of aliphatic carboxylic acids is 1. The lowest BCUT2D eigenvalue weighted by molar-refractivity contribution is -0.145. The van der Waals surface area contributed by atoms with Gasteiger partial charge < -0.3 is 5.11 Å². The maximum absolute atomic E-state index is 13.5. The van der Waals surface area contributed by atoms with Gasteiger partial charge in [-0.1, -0.05) is 72.6 Å². The summed E-state index contributed by atoms with van der Waals surface area (Å²) in [5.41, 5.74) is 0.983. The Bertz CT molecular complexity index is 1050. The predicted molar refractivity (Wildman–Crippen MR) is 121 cm³/mol. The van der Waals surface area contributed by atoms with E-state index in [-0.39, 0.29) is 11.0 Å². The van der Waals surface area contributed by atoms with E-state index in [0.29, 0.717) is 23.4 Å². The lowest BCUT2D eigenvalue weighted by Crippen LogP contribution is -2.44. The molecule has 0 saturated heterocycles. The van der Waals surface area contributed by atoms with Gasteiger partial charge in [0.2, 0.25) is 0 Å². The molecule has 1 fully saturated rings. The number of hydrogen-bond donors (Lipinski definition) is 1. The summed E-state index contributed by atoms with van der Waals surface area (Å²) in [5, 5.41) is 10.5. The fraction of sp³-hybridized carbons (Fsp3) is 0.200. The molecule has 2 unspecified atom stereocenters. The van der Waals surface area contributed by atoms with Crippen molar-refractivity contribution in [2.45, 2.75) is 29.4 Å². The van der Waals surface area contributed by atoms with Crippen molar-refractivity contribution < 1.29 is 14.7 Å². The Morgan fingerprint density at radius 3 is 2.10 bits per heavy atom. The maximum atomic E-state index is 13.5. The topological polar surface area (TPSA) is 54.4 Å². The molecular weight excluding hydrogens is 416 g/mol. The van der Waals surface area contributed by atoms with E-state index in [2.05, 4.69) is 0 Å². The van der Waals surface area contributed by atoms with E-state index in [0.717, 1.165) is 22.4 Å². The monoisotopic (exact) mass is 436 g/mol. The first-order valence-corrected chi connectivity index (χ1v) is 11.1. The second kappa shape index (κ2) is 8.66. The summed E-state index contributed by atoms with van der Waals surface area (Å²) in [6, 6.07) is 24.4. The van der Waals surface area contributed by atoms with Crippen LogP contribution in [0.15, 0.2) is 83.8 Å². The number of benzene rings is 3. The van der Waals surface area contributed by atoms with E-state index >= 15 is 0 Å². The van der Waals surface area contributed by atoms with Crippen molar-refractivity contribution >= 4 is 35.1 Å². The number of carbonyl (C=O) groups is 2. The van der Waals surface area contributed by atoms with Crippen LogP contribution in [0, 0.1) is 5.41 Å².